The third-order valence-electron chi connectivity index (χ3n) is 13.3. The number of fused-ring (bicyclic) bond motifs is 3. The fourth-order valence-corrected chi connectivity index (χ4v) is 9.04. The first kappa shape index (κ1) is 50.7. The van der Waals surface area contributed by atoms with Crippen LogP contribution in [-0.4, -0.2) is 9.55 Å². The van der Waals surface area contributed by atoms with Crippen molar-refractivity contribution in [2.24, 2.45) is 0 Å². The van der Waals surface area contributed by atoms with Crippen molar-refractivity contribution in [1.82, 2.24) is 9.55 Å². The van der Waals surface area contributed by atoms with Gasteiger partial charge in [0.25, 0.3) is 0 Å². The van der Waals surface area contributed by atoms with Gasteiger partial charge < -0.3 is 19.1 Å². The molecule has 68 heavy (non-hydrogen) atoms. The van der Waals surface area contributed by atoms with Crippen LogP contribution in [0.2, 0.25) is 0 Å². The Kier molecular flexibility index (Phi) is 13.2. The van der Waals surface area contributed by atoms with Crippen LogP contribution in [0.4, 0.5) is 11.4 Å². The first-order valence-corrected chi connectivity index (χ1v) is 24.1. The minimum absolute atomic E-state index is 0. The summed E-state index contributed by atoms with van der Waals surface area (Å²) in [5, 5.41) is 2.26. The van der Waals surface area contributed by atoms with Crippen molar-refractivity contribution < 1.29 is 25.8 Å². The molecule has 0 spiro atoms. The first-order chi connectivity index (χ1) is 31.0. The van der Waals surface area contributed by atoms with E-state index in [0.29, 0.717) is 11.5 Å². The number of ether oxygens (including phenoxy) is 1. The molecular formula is C62H73N4OPt-3. The maximum atomic E-state index is 6.88. The van der Waals surface area contributed by atoms with Crippen LogP contribution in [0.25, 0.3) is 38.8 Å². The molecule has 0 saturated carbocycles. The Morgan fingerprint density at radius 3 is 1.71 bits per heavy atom. The summed E-state index contributed by atoms with van der Waals surface area (Å²) in [7, 11) is 0. The Balaban J connectivity index is 0.00000684. The average molecular weight is 1090 g/mol. The van der Waals surface area contributed by atoms with Crippen molar-refractivity contribution in [2.75, 3.05) is 9.80 Å². The van der Waals surface area contributed by atoms with Gasteiger partial charge in [0.1, 0.15) is 5.82 Å². The minimum atomic E-state index is -0.146. The molecule has 1 aliphatic heterocycles. The predicted molar refractivity (Wildman–Crippen MR) is 285 cm³/mol. The van der Waals surface area contributed by atoms with Crippen LogP contribution in [-0.2, 0) is 53.6 Å². The van der Waals surface area contributed by atoms with Crippen LogP contribution in [0, 0.1) is 18.8 Å². The molecule has 7 aromatic rings. The Morgan fingerprint density at radius 2 is 1.07 bits per heavy atom. The van der Waals surface area contributed by atoms with Crippen LogP contribution in [0.3, 0.4) is 0 Å². The summed E-state index contributed by atoms with van der Waals surface area (Å²) in [5.74, 6) is 2.08. The summed E-state index contributed by atoms with van der Waals surface area (Å²) >= 11 is 0. The zero-order valence-electron chi connectivity index (χ0n) is 44.0. The molecule has 8 rings (SSSR count). The number of hydrogen-bond donors (Lipinski definition) is 0. The molecule has 5 aromatic carbocycles. The molecule has 5 nitrogen and oxygen atoms in total. The van der Waals surface area contributed by atoms with Crippen LogP contribution in [0.15, 0.2) is 110 Å². The number of benzene rings is 5. The number of pyridine rings is 1. The Labute approximate surface area is 423 Å². The average Bonchev–Trinajstić information content (AvgIpc) is 3.84. The van der Waals surface area contributed by atoms with Crippen LogP contribution >= 0.6 is 0 Å². The van der Waals surface area contributed by atoms with Gasteiger partial charge in [-0.1, -0.05) is 173 Å². The molecule has 0 saturated heterocycles. The smallest absolute Gasteiger partial charge is 0.136 e. The molecule has 3 heterocycles. The topological polar surface area (TPSA) is 33.5 Å². The normalized spacial score (nSPS) is 14.0. The van der Waals surface area contributed by atoms with Crippen molar-refractivity contribution in [2.45, 2.75) is 157 Å². The molecule has 0 radical (unpaired) electrons. The predicted octanol–water partition coefficient (Wildman–Crippen LogP) is 16.9. The minimum Gasteiger partial charge on any atom is -0.509 e. The second-order valence-electron chi connectivity index (χ2n) is 25.0. The van der Waals surface area contributed by atoms with E-state index in [1.165, 1.54) is 39.1 Å². The summed E-state index contributed by atoms with van der Waals surface area (Å²) in [6, 6.07) is 41.1. The maximum Gasteiger partial charge on any atom is 0.136 e. The second kappa shape index (κ2) is 17.7. The molecule has 360 valence electrons. The van der Waals surface area contributed by atoms with Gasteiger partial charge in [-0.15, -0.1) is 53.6 Å². The fraction of sp³-hybridized carbons (Fsp3) is 0.387. The number of aromatic nitrogens is 2. The third kappa shape index (κ3) is 10.3. The summed E-state index contributed by atoms with van der Waals surface area (Å²) in [6.07, 6.45) is 6.21. The van der Waals surface area contributed by atoms with Gasteiger partial charge in [-0.2, -0.15) is 6.07 Å². The standard InChI is InChI=1S/C62H73N4O.Pt/c1-57(2,3)41-21-26-53-50(34-41)49-24-22-46(38-54(49)66(53)56-31-40(27-28-63-56)48-23-19-42(58(4,5)6)35-52(48)62(16,17)18)67-47-33-44(60(10,11)12)32-45(37-47)64-29-30-65(39-64)55-36-43(59(7,8)9)20-25-51(55)61(13,14)15;/h19-36,39H,1-18H3;/q-3;. The second-order valence-corrected chi connectivity index (χ2v) is 25.0. The maximum absolute atomic E-state index is 6.88. The summed E-state index contributed by atoms with van der Waals surface area (Å²) in [5.41, 5.74) is 13.9. The van der Waals surface area contributed by atoms with E-state index >= 15 is 0 Å². The molecule has 0 fully saturated rings. The van der Waals surface area contributed by atoms with Crippen LogP contribution in [0.1, 0.15) is 158 Å². The summed E-state index contributed by atoms with van der Waals surface area (Å²) in [6.45, 7) is 43.1. The molecule has 1 aliphatic rings. The van der Waals surface area contributed by atoms with E-state index < -0.39 is 0 Å². The van der Waals surface area contributed by atoms with Crippen molar-refractivity contribution in [3.63, 3.8) is 0 Å². The van der Waals surface area contributed by atoms with Gasteiger partial charge in [-0.3, -0.25) is 0 Å². The number of anilines is 2. The Bertz CT molecular complexity index is 3040. The fourth-order valence-electron chi connectivity index (χ4n) is 9.04. The van der Waals surface area contributed by atoms with Crippen molar-refractivity contribution in [3.8, 4) is 28.4 Å². The van der Waals surface area contributed by atoms with E-state index in [0.717, 1.165) is 44.4 Å². The van der Waals surface area contributed by atoms with Gasteiger partial charge in [0, 0.05) is 50.0 Å². The van der Waals surface area contributed by atoms with E-state index in [9.17, 15) is 0 Å². The van der Waals surface area contributed by atoms with Crippen molar-refractivity contribution in [1.29, 1.82) is 0 Å². The largest absolute Gasteiger partial charge is 0.509 e. The van der Waals surface area contributed by atoms with Crippen LogP contribution < -0.4 is 14.5 Å². The van der Waals surface area contributed by atoms with E-state index in [4.69, 9.17) is 9.72 Å². The zero-order chi connectivity index (χ0) is 48.8. The van der Waals surface area contributed by atoms with E-state index in [-0.39, 0.29) is 53.6 Å². The van der Waals surface area contributed by atoms with Crippen molar-refractivity contribution >= 4 is 33.2 Å². The third-order valence-corrected chi connectivity index (χ3v) is 13.3. The number of hydrogen-bond acceptors (Lipinski definition) is 4. The molecule has 0 atom stereocenters. The van der Waals surface area contributed by atoms with Gasteiger partial charge in [0.05, 0.1) is 0 Å². The van der Waals surface area contributed by atoms with Gasteiger partial charge in [-0.25, -0.2) is 4.98 Å². The van der Waals surface area contributed by atoms with E-state index in [1.54, 1.807) is 0 Å². The van der Waals surface area contributed by atoms with Crippen molar-refractivity contribution in [3.05, 3.63) is 162 Å². The molecule has 0 aliphatic carbocycles. The van der Waals surface area contributed by atoms with E-state index in [1.807, 2.05) is 12.3 Å². The summed E-state index contributed by atoms with van der Waals surface area (Å²) < 4.78 is 9.14. The number of rotatable bonds is 6. The molecule has 0 amide bonds. The SMILES string of the molecule is CC(C)(C)c1cc(Oc2[c-]c3c(cc2)c2cc(C(C)(C)C)ccc2n3-c2cc(-c3ccc(C(C)(C)C)cc3C(C)(C)C)ccn2)[c-]c(N2C=CN(c3cc(C(C)(C)C)ccc3C(C)(C)C)[CH-]2)c1.[Pt]. The molecular weight excluding hydrogens is 1010 g/mol. The Hall–Kier alpha value is -5.12. The molecule has 0 bridgehead atoms. The number of nitrogens with zero attached hydrogens (tertiary/aromatic N) is 4. The zero-order valence-corrected chi connectivity index (χ0v) is 46.3. The molecule has 6 heteroatoms. The Morgan fingerprint density at radius 1 is 0.485 bits per heavy atom. The van der Waals surface area contributed by atoms with Gasteiger partial charge >= 0.3 is 0 Å². The van der Waals surface area contributed by atoms with Gasteiger partial charge in [0.15, 0.2) is 0 Å². The van der Waals surface area contributed by atoms with Gasteiger partial charge in [0.2, 0.25) is 0 Å². The monoisotopic (exact) mass is 1080 g/mol. The first-order valence-electron chi connectivity index (χ1n) is 24.1. The van der Waals surface area contributed by atoms with E-state index in [2.05, 4.69) is 255 Å². The molecule has 0 N–H and O–H groups in total. The molecule has 2 aromatic heterocycles. The molecule has 0 unspecified atom stereocenters. The van der Waals surface area contributed by atoms with Crippen LogP contribution in [0.5, 0.6) is 11.5 Å². The quantitative estimate of drug-likeness (QED) is 0.155. The summed E-state index contributed by atoms with van der Waals surface area (Å²) in [4.78, 5) is 9.47. The van der Waals surface area contributed by atoms with Gasteiger partial charge in [-0.05, 0) is 113 Å².